The van der Waals surface area contributed by atoms with Crippen LogP contribution < -0.4 is 16.0 Å². The van der Waals surface area contributed by atoms with E-state index in [-0.39, 0.29) is 34.7 Å². The molecule has 1 aliphatic rings. The standard InChI is InChI=1S/C31H32N8O7/c1-37(13-3-2-4-14-40)30(43)20-7-9-22(10-8-20)39-17-23(26(36-39)27(32)41)34-28(42)24-18-46-29(35-24)21-11-12-33-25(15-21)38(31(44)45)16-19-5-6-19/h7-12,14-15,17-19H,2-6,13,16H2,1H3,(H2,32,41)(H,34,42)(H,44,45). The second-order valence-electron chi connectivity index (χ2n) is 10.9. The molecule has 15 nitrogen and oxygen atoms in total. The number of aromatic nitrogens is 4. The normalized spacial score (nSPS) is 12.4. The summed E-state index contributed by atoms with van der Waals surface area (Å²) in [6.07, 6.45) is 7.52. The first-order chi connectivity index (χ1) is 22.1. The Hall–Kier alpha value is -5.86. The van der Waals surface area contributed by atoms with Gasteiger partial charge in [-0.1, -0.05) is 0 Å². The fourth-order valence-corrected chi connectivity index (χ4v) is 4.66. The van der Waals surface area contributed by atoms with E-state index in [0.717, 1.165) is 25.4 Å². The van der Waals surface area contributed by atoms with Gasteiger partial charge in [-0.3, -0.25) is 19.3 Å². The lowest BCUT2D eigenvalue weighted by atomic mass is 10.1. The van der Waals surface area contributed by atoms with Crippen LogP contribution in [0.2, 0.25) is 0 Å². The second kappa shape index (κ2) is 13.8. The van der Waals surface area contributed by atoms with E-state index in [1.54, 1.807) is 42.3 Å². The van der Waals surface area contributed by atoms with Gasteiger partial charge in [0.2, 0.25) is 5.89 Å². The molecule has 0 unspecified atom stereocenters. The minimum Gasteiger partial charge on any atom is -0.465 e. The van der Waals surface area contributed by atoms with Crippen LogP contribution in [0.15, 0.2) is 59.5 Å². The molecule has 4 aromatic rings. The Balaban J connectivity index is 1.28. The van der Waals surface area contributed by atoms with E-state index in [9.17, 15) is 29.1 Å². The average molecular weight is 629 g/mol. The summed E-state index contributed by atoms with van der Waals surface area (Å²) in [6.45, 7) is 0.851. The van der Waals surface area contributed by atoms with Crippen LogP contribution in [-0.2, 0) is 4.79 Å². The molecule has 15 heteroatoms. The van der Waals surface area contributed by atoms with Crippen LogP contribution in [0.25, 0.3) is 17.1 Å². The predicted molar refractivity (Wildman–Crippen MR) is 165 cm³/mol. The molecule has 5 rings (SSSR count). The smallest absolute Gasteiger partial charge is 0.413 e. The Morgan fingerprint density at radius 2 is 1.91 bits per heavy atom. The highest BCUT2D eigenvalue weighted by molar-refractivity contribution is 6.07. The molecule has 0 radical (unpaired) electrons. The highest BCUT2D eigenvalue weighted by atomic mass is 16.4. The molecule has 46 heavy (non-hydrogen) atoms. The number of oxazole rings is 1. The van der Waals surface area contributed by atoms with Gasteiger partial charge in [0.1, 0.15) is 18.4 Å². The van der Waals surface area contributed by atoms with Crippen LogP contribution in [-0.4, -0.2) is 80.0 Å². The summed E-state index contributed by atoms with van der Waals surface area (Å²) in [6, 6.07) is 9.61. The van der Waals surface area contributed by atoms with Crippen LogP contribution >= 0.6 is 0 Å². The van der Waals surface area contributed by atoms with Crippen LogP contribution in [0.3, 0.4) is 0 Å². The van der Waals surface area contributed by atoms with E-state index in [4.69, 9.17) is 10.2 Å². The first kappa shape index (κ1) is 31.6. The van der Waals surface area contributed by atoms with E-state index in [1.165, 1.54) is 28.0 Å². The van der Waals surface area contributed by atoms with Crippen molar-refractivity contribution in [3.05, 3.63) is 72.0 Å². The fraction of sp³-hybridized carbons (Fsp3) is 0.290. The first-order valence-electron chi connectivity index (χ1n) is 14.6. The Kier molecular flexibility index (Phi) is 9.50. The molecule has 0 saturated heterocycles. The maximum Gasteiger partial charge on any atom is 0.413 e. The zero-order chi connectivity index (χ0) is 32.8. The van der Waals surface area contributed by atoms with Crippen LogP contribution in [0, 0.1) is 5.92 Å². The molecular formula is C31H32N8O7. The minimum atomic E-state index is -1.12. The van der Waals surface area contributed by atoms with Gasteiger partial charge in [0.25, 0.3) is 17.7 Å². The SMILES string of the molecule is CN(CCCCC=O)C(=O)c1ccc(-n2cc(NC(=O)c3coc(-c4ccnc(N(CC5CC5)C(=O)O)c4)n3)c(C(N)=O)n2)cc1. The molecule has 3 aromatic heterocycles. The first-order valence-corrected chi connectivity index (χ1v) is 14.6. The van der Waals surface area contributed by atoms with Crippen molar-refractivity contribution in [1.82, 2.24) is 24.6 Å². The number of nitrogens with two attached hydrogens (primary N) is 1. The quantitative estimate of drug-likeness (QED) is 0.137. The molecule has 0 aliphatic heterocycles. The number of hydrogen-bond donors (Lipinski definition) is 3. The summed E-state index contributed by atoms with van der Waals surface area (Å²) in [5.74, 6) is -1.18. The number of pyridine rings is 1. The van der Waals surface area contributed by atoms with Crippen LogP contribution in [0.5, 0.6) is 0 Å². The molecular weight excluding hydrogens is 596 g/mol. The van der Waals surface area contributed by atoms with Gasteiger partial charge in [0.05, 0.1) is 17.6 Å². The van der Waals surface area contributed by atoms with Gasteiger partial charge in [-0.2, -0.15) is 5.10 Å². The lowest BCUT2D eigenvalue weighted by Crippen LogP contribution is -2.32. The van der Waals surface area contributed by atoms with Crippen molar-refractivity contribution < 1.29 is 33.5 Å². The number of carboxylic acid groups (broad SMARTS) is 1. The van der Waals surface area contributed by atoms with E-state index in [2.05, 4.69) is 20.4 Å². The number of primary amides is 1. The highest BCUT2D eigenvalue weighted by Gasteiger charge is 2.29. The number of anilines is 2. The summed E-state index contributed by atoms with van der Waals surface area (Å²) in [5.41, 5.74) is 6.62. The largest absolute Gasteiger partial charge is 0.465 e. The van der Waals surface area contributed by atoms with Gasteiger partial charge in [-0.25, -0.2) is 19.4 Å². The Morgan fingerprint density at radius 3 is 2.59 bits per heavy atom. The number of nitrogens with one attached hydrogen (secondary N) is 1. The molecule has 1 aliphatic carbocycles. The van der Waals surface area contributed by atoms with Crippen molar-refractivity contribution in [2.24, 2.45) is 11.7 Å². The number of aldehydes is 1. The number of carbonyl (C=O) groups excluding carboxylic acids is 4. The molecule has 1 fully saturated rings. The van der Waals surface area contributed by atoms with Gasteiger partial charge < -0.3 is 30.3 Å². The average Bonchev–Trinajstić information content (AvgIpc) is 3.55. The van der Waals surface area contributed by atoms with E-state index in [0.29, 0.717) is 55.1 Å². The van der Waals surface area contributed by atoms with E-state index < -0.39 is 17.9 Å². The topological polar surface area (TPSA) is 207 Å². The second-order valence-corrected chi connectivity index (χ2v) is 10.9. The van der Waals surface area contributed by atoms with Gasteiger partial charge in [-0.05, 0) is 68.0 Å². The Morgan fingerprint density at radius 1 is 1.15 bits per heavy atom. The molecule has 0 bridgehead atoms. The molecule has 4 amide bonds. The molecule has 238 valence electrons. The zero-order valence-electron chi connectivity index (χ0n) is 25.0. The monoisotopic (exact) mass is 628 g/mol. The number of amides is 4. The van der Waals surface area contributed by atoms with Crippen molar-refractivity contribution in [3.63, 3.8) is 0 Å². The van der Waals surface area contributed by atoms with Crippen LogP contribution in [0.4, 0.5) is 16.3 Å². The van der Waals surface area contributed by atoms with E-state index >= 15 is 0 Å². The summed E-state index contributed by atoms with van der Waals surface area (Å²) < 4.78 is 6.85. The molecule has 1 aromatic carbocycles. The van der Waals surface area contributed by atoms with Crippen molar-refractivity contribution in [2.45, 2.75) is 32.1 Å². The van der Waals surface area contributed by atoms with Crippen molar-refractivity contribution in [2.75, 3.05) is 30.4 Å². The zero-order valence-corrected chi connectivity index (χ0v) is 25.0. The van der Waals surface area contributed by atoms with Gasteiger partial charge in [0.15, 0.2) is 11.4 Å². The van der Waals surface area contributed by atoms with Gasteiger partial charge in [-0.15, -0.1) is 0 Å². The number of benzene rings is 1. The van der Waals surface area contributed by atoms with Crippen LogP contribution in [0.1, 0.15) is 63.4 Å². The number of unbranched alkanes of at least 4 members (excludes halogenated alkanes) is 2. The van der Waals surface area contributed by atoms with Gasteiger partial charge in [0, 0.05) is 43.9 Å². The summed E-state index contributed by atoms with van der Waals surface area (Å²) in [5, 5.41) is 16.4. The predicted octanol–water partition coefficient (Wildman–Crippen LogP) is 3.61. The molecule has 0 spiro atoms. The lowest BCUT2D eigenvalue weighted by molar-refractivity contribution is -0.107. The summed E-state index contributed by atoms with van der Waals surface area (Å²) in [4.78, 5) is 71.4. The maximum absolute atomic E-state index is 13.1. The maximum atomic E-state index is 13.1. The number of rotatable bonds is 14. The summed E-state index contributed by atoms with van der Waals surface area (Å²) >= 11 is 0. The third kappa shape index (κ3) is 7.43. The Labute approximate surface area is 263 Å². The molecule has 4 N–H and O–H groups in total. The molecule has 0 atom stereocenters. The fourth-order valence-electron chi connectivity index (χ4n) is 4.66. The molecule has 1 saturated carbocycles. The third-order valence-corrected chi connectivity index (χ3v) is 7.36. The van der Waals surface area contributed by atoms with Gasteiger partial charge >= 0.3 is 6.09 Å². The number of hydrogen-bond acceptors (Lipinski definition) is 9. The third-order valence-electron chi connectivity index (χ3n) is 7.36. The van der Waals surface area contributed by atoms with Crippen molar-refractivity contribution in [3.8, 4) is 17.1 Å². The minimum absolute atomic E-state index is 0.0284. The summed E-state index contributed by atoms with van der Waals surface area (Å²) in [7, 11) is 1.69. The number of nitrogens with zero attached hydrogens (tertiary/aromatic N) is 6. The Bertz CT molecular complexity index is 1760. The highest BCUT2D eigenvalue weighted by Crippen LogP contribution is 2.32. The lowest BCUT2D eigenvalue weighted by Gasteiger charge is -2.18. The van der Waals surface area contributed by atoms with E-state index in [1.807, 2.05) is 0 Å². The molecule has 3 heterocycles. The van der Waals surface area contributed by atoms with Crippen molar-refractivity contribution in [1.29, 1.82) is 0 Å². The van der Waals surface area contributed by atoms with Crippen molar-refractivity contribution >= 4 is 41.6 Å². The number of carbonyl (C=O) groups is 5.